The topological polar surface area (TPSA) is 75.7 Å². The number of benzene rings is 3. The summed E-state index contributed by atoms with van der Waals surface area (Å²) in [6, 6.07) is 19.0. The third kappa shape index (κ3) is 4.04. The van der Waals surface area contributed by atoms with E-state index in [1.54, 1.807) is 42.5 Å². The van der Waals surface area contributed by atoms with Gasteiger partial charge in [-0.3, -0.25) is 4.79 Å². The fourth-order valence-electron chi connectivity index (χ4n) is 3.78. The van der Waals surface area contributed by atoms with E-state index < -0.39 is 16.1 Å². The lowest BCUT2D eigenvalue weighted by atomic mass is 10.1. The molecule has 1 N–H and O–H groups in total. The first-order valence-electron chi connectivity index (χ1n) is 10.0. The van der Waals surface area contributed by atoms with Gasteiger partial charge in [-0.1, -0.05) is 30.3 Å². The molecule has 4 rings (SSSR count). The summed E-state index contributed by atoms with van der Waals surface area (Å²) in [6.07, 6.45) is 1.14. The van der Waals surface area contributed by atoms with Gasteiger partial charge in [0.05, 0.1) is 11.5 Å². The third-order valence-corrected chi connectivity index (χ3v) is 7.17. The minimum Gasteiger partial charge on any atom is -0.494 e. The normalized spacial score (nSPS) is 17.2. The summed E-state index contributed by atoms with van der Waals surface area (Å²) in [7, 11) is -3.78. The molecule has 6 nitrogen and oxygen atoms in total. The van der Waals surface area contributed by atoms with Crippen molar-refractivity contribution in [1.29, 1.82) is 0 Å². The fourth-order valence-corrected chi connectivity index (χ4v) is 5.47. The van der Waals surface area contributed by atoms with Crippen LogP contribution in [0.4, 0.5) is 5.69 Å². The van der Waals surface area contributed by atoms with E-state index in [9.17, 15) is 13.2 Å². The van der Waals surface area contributed by atoms with Gasteiger partial charge in [0.25, 0.3) is 0 Å². The summed E-state index contributed by atoms with van der Waals surface area (Å²) in [5, 5.41) is 4.67. The molecule has 1 aliphatic rings. The smallest absolute Gasteiger partial charge is 0.243 e. The lowest BCUT2D eigenvalue weighted by Crippen LogP contribution is -2.43. The fraction of sp³-hybridized carbons (Fsp3) is 0.261. The first-order valence-corrected chi connectivity index (χ1v) is 11.5. The molecular weight excluding hydrogens is 400 g/mol. The number of nitrogens with one attached hydrogen (secondary N) is 1. The molecule has 1 saturated heterocycles. The molecule has 3 aromatic carbocycles. The van der Waals surface area contributed by atoms with E-state index >= 15 is 0 Å². The molecule has 7 heteroatoms. The molecule has 0 spiro atoms. The van der Waals surface area contributed by atoms with E-state index in [0.717, 1.165) is 16.5 Å². The van der Waals surface area contributed by atoms with Crippen LogP contribution >= 0.6 is 0 Å². The zero-order valence-corrected chi connectivity index (χ0v) is 17.6. The summed E-state index contributed by atoms with van der Waals surface area (Å²) >= 11 is 0. The number of ether oxygens (including phenoxy) is 1. The van der Waals surface area contributed by atoms with Crippen LogP contribution in [0.2, 0.25) is 0 Å². The van der Waals surface area contributed by atoms with Crippen molar-refractivity contribution >= 4 is 32.4 Å². The van der Waals surface area contributed by atoms with Crippen molar-refractivity contribution in [2.24, 2.45) is 0 Å². The molecule has 156 valence electrons. The number of anilines is 1. The van der Waals surface area contributed by atoms with Gasteiger partial charge >= 0.3 is 0 Å². The summed E-state index contributed by atoms with van der Waals surface area (Å²) < 4.78 is 33.3. The number of hydrogen-bond acceptors (Lipinski definition) is 4. The predicted octanol–water partition coefficient (Wildman–Crippen LogP) is 4.03. The Kier molecular flexibility index (Phi) is 5.74. The quantitative estimate of drug-likeness (QED) is 0.648. The Morgan fingerprint density at radius 2 is 1.80 bits per heavy atom. The van der Waals surface area contributed by atoms with E-state index in [2.05, 4.69) is 5.32 Å². The maximum atomic E-state index is 13.3. The average molecular weight is 425 g/mol. The van der Waals surface area contributed by atoms with Crippen LogP contribution in [0.3, 0.4) is 0 Å². The van der Waals surface area contributed by atoms with Gasteiger partial charge in [-0.25, -0.2) is 8.42 Å². The van der Waals surface area contributed by atoms with Crippen molar-refractivity contribution in [3.8, 4) is 5.75 Å². The van der Waals surface area contributed by atoms with Crippen molar-refractivity contribution in [2.75, 3.05) is 18.5 Å². The highest BCUT2D eigenvalue weighted by atomic mass is 32.2. The Labute approximate surface area is 176 Å². The zero-order valence-electron chi connectivity index (χ0n) is 16.7. The van der Waals surface area contributed by atoms with Crippen LogP contribution in [0.1, 0.15) is 19.8 Å². The number of carbonyl (C=O) groups is 1. The number of carbonyl (C=O) groups excluding carboxylic acids is 1. The van der Waals surface area contributed by atoms with Gasteiger partial charge < -0.3 is 10.1 Å². The minimum absolute atomic E-state index is 0.210. The molecule has 1 atom stereocenters. The van der Waals surface area contributed by atoms with Gasteiger partial charge in [-0.2, -0.15) is 4.31 Å². The van der Waals surface area contributed by atoms with Crippen molar-refractivity contribution < 1.29 is 17.9 Å². The van der Waals surface area contributed by atoms with Crippen molar-refractivity contribution in [2.45, 2.75) is 30.7 Å². The Morgan fingerprint density at radius 3 is 2.53 bits per heavy atom. The number of rotatable bonds is 6. The summed E-state index contributed by atoms with van der Waals surface area (Å²) in [6.45, 7) is 2.80. The molecular formula is C23H24N2O4S. The average Bonchev–Trinajstić information content (AvgIpc) is 3.26. The maximum Gasteiger partial charge on any atom is 0.243 e. The van der Waals surface area contributed by atoms with E-state index in [0.29, 0.717) is 31.7 Å². The molecule has 30 heavy (non-hydrogen) atoms. The minimum atomic E-state index is -3.78. The van der Waals surface area contributed by atoms with Crippen LogP contribution in [-0.2, 0) is 14.8 Å². The van der Waals surface area contributed by atoms with Crippen LogP contribution in [0.5, 0.6) is 5.75 Å². The molecule has 0 aliphatic carbocycles. The highest BCUT2D eigenvalue weighted by molar-refractivity contribution is 7.89. The van der Waals surface area contributed by atoms with E-state index in [4.69, 9.17) is 4.74 Å². The van der Waals surface area contributed by atoms with Crippen molar-refractivity contribution in [1.82, 2.24) is 4.31 Å². The number of fused-ring (bicyclic) bond motifs is 1. The van der Waals surface area contributed by atoms with Crippen LogP contribution in [0, 0.1) is 0 Å². The van der Waals surface area contributed by atoms with E-state index in [1.807, 2.05) is 31.2 Å². The van der Waals surface area contributed by atoms with Crippen LogP contribution in [0.15, 0.2) is 71.6 Å². The van der Waals surface area contributed by atoms with Gasteiger partial charge in [0.15, 0.2) is 0 Å². The third-order valence-electron chi connectivity index (χ3n) is 5.27. The molecule has 0 saturated carbocycles. The van der Waals surface area contributed by atoms with Gasteiger partial charge in [0, 0.05) is 12.2 Å². The molecule has 0 aromatic heterocycles. The summed E-state index contributed by atoms with van der Waals surface area (Å²) in [4.78, 5) is 13.1. The lowest BCUT2D eigenvalue weighted by molar-refractivity contribution is -0.119. The van der Waals surface area contributed by atoms with Crippen LogP contribution < -0.4 is 10.1 Å². The first kappa shape index (κ1) is 20.4. The zero-order chi connectivity index (χ0) is 21.1. The summed E-state index contributed by atoms with van der Waals surface area (Å²) in [5.74, 6) is 0.401. The first-order chi connectivity index (χ1) is 14.5. The van der Waals surface area contributed by atoms with Gasteiger partial charge in [0.2, 0.25) is 15.9 Å². The van der Waals surface area contributed by atoms with Gasteiger partial charge in [0.1, 0.15) is 11.8 Å². The van der Waals surface area contributed by atoms with Crippen molar-refractivity contribution in [3.63, 3.8) is 0 Å². The molecule has 0 unspecified atom stereocenters. The van der Waals surface area contributed by atoms with Crippen molar-refractivity contribution in [3.05, 3.63) is 66.7 Å². The van der Waals surface area contributed by atoms with Gasteiger partial charge in [-0.05, 0) is 66.9 Å². The molecule has 1 amide bonds. The number of sulfonamides is 1. The van der Waals surface area contributed by atoms with Crippen LogP contribution in [-0.4, -0.2) is 37.8 Å². The molecule has 1 aliphatic heterocycles. The number of hydrogen-bond donors (Lipinski definition) is 1. The lowest BCUT2D eigenvalue weighted by Gasteiger charge is -2.23. The highest BCUT2D eigenvalue weighted by Crippen LogP contribution is 2.29. The molecule has 3 aromatic rings. The Morgan fingerprint density at radius 1 is 1.07 bits per heavy atom. The second kappa shape index (κ2) is 8.45. The molecule has 1 fully saturated rings. The standard InChI is InChI=1S/C23H24N2O4S/c1-2-29-20-12-10-19(11-13-20)24-23(26)22-8-5-15-25(22)30(27,28)21-14-9-17-6-3-4-7-18(17)16-21/h3-4,6-7,9-14,16,22H,2,5,8,15H2,1H3,(H,24,26)/t22-/m0/s1. The Bertz CT molecular complexity index is 1160. The second-order valence-electron chi connectivity index (χ2n) is 7.23. The van der Waals surface area contributed by atoms with E-state index in [1.165, 1.54) is 4.31 Å². The monoisotopic (exact) mass is 424 g/mol. The maximum absolute atomic E-state index is 13.3. The molecule has 0 radical (unpaired) electrons. The second-order valence-corrected chi connectivity index (χ2v) is 9.12. The van der Waals surface area contributed by atoms with Crippen LogP contribution in [0.25, 0.3) is 10.8 Å². The molecule has 0 bridgehead atoms. The Hall–Kier alpha value is -2.90. The highest BCUT2D eigenvalue weighted by Gasteiger charge is 2.39. The predicted molar refractivity (Wildman–Crippen MR) is 117 cm³/mol. The molecule has 1 heterocycles. The Balaban J connectivity index is 1.54. The number of amides is 1. The largest absolute Gasteiger partial charge is 0.494 e. The number of nitrogens with zero attached hydrogens (tertiary/aromatic N) is 1. The van der Waals surface area contributed by atoms with E-state index in [-0.39, 0.29) is 10.8 Å². The van der Waals surface area contributed by atoms with Gasteiger partial charge in [-0.15, -0.1) is 0 Å². The SMILES string of the molecule is CCOc1ccc(NC(=O)[C@@H]2CCCN2S(=O)(=O)c2ccc3ccccc3c2)cc1. The summed E-state index contributed by atoms with van der Waals surface area (Å²) in [5.41, 5.74) is 0.610.